The van der Waals surface area contributed by atoms with Gasteiger partial charge in [-0.05, 0) is 72.1 Å². The SMILES string of the molecule is CCSc1c(C2CCC2)ccc(C(=O)Cl)c1C1CC1. The molecular formula is C16H19ClOS. The van der Waals surface area contributed by atoms with Crippen molar-refractivity contribution in [3.8, 4) is 0 Å². The Morgan fingerprint density at radius 2 is 2.00 bits per heavy atom. The second kappa shape index (κ2) is 5.49. The van der Waals surface area contributed by atoms with Crippen LogP contribution in [0.2, 0.25) is 0 Å². The van der Waals surface area contributed by atoms with E-state index in [4.69, 9.17) is 11.6 Å². The Morgan fingerprint density at radius 3 is 2.47 bits per heavy atom. The van der Waals surface area contributed by atoms with Gasteiger partial charge in [0.25, 0.3) is 5.24 Å². The van der Waals surface area contributed by atoms with Crippen LogP contribution in [0.4, 0.5) is 0 Å². The summed E-state index contributed by atoms with van der Waals surface area (Å²) < 4.78 is 0. The zero-order valence-corrected chi connectivity index (χ0v) is 12.8. The zero-order valence-electron chi connectivity index (χ0n) is 11.2. The average molecular weight is 295 g/mol. The van der Waals surface area contributed by atoms with Gasteiger partial charge in [0, 0.05) is 10.5 Å². The maximum Gasteiger partial charge on any atom is 0.252 e. The van der Waals surface area contributed by atoms with Crippen LogP contribution in [0.3, 0.4) is 0 Å². The number of thioether (sulfide) groups is 1. The van der Waals surface area contributed by atoms with Gasteiger partial charge >= 0.3 is 0 Å². The maximum absolute atomic E-state index is 11.7. The van der Waals surface area contributed by atoms with Gasteiger partial charge in [-0.2, -0.15) is 0 Å². The predicted molar refractivity (Wildman–Crippen MR) is 81.6 cm³/mol. The average Bonchev–Trinajstić information content (AvgIpc) is 3.12. The van der Waals surface area contributed by atoms with Gasteiger partial charge in [0.15, 0.2) is 0 Å². The number of benzene rings is 1. The molecule has 2 aliphatic carbocycles. The minimum atomic E-state index is -0.292. The molecule has 0 spiro atoms. The molecule has 0 atom stereocenters. The fourth-order valence-electron chi connectivity index (χ4n) is 2.91. The second-order valence-corrected chi connectivity index (χ2v) is 7.17. The molecule has 0 saturated heterocycles. The van der Waals surface area contributed by atoms with Crippen LogP contribution < -0.4 is 0 Å². The van der Waals surface area contributed by atoms with Crippen LogP contribution in [0, 0.1) is 0 Å². The second-order valence-electron chi connectivity index (χ2n) is 5.55. The van der Waals surface area contributed by atoms with Crippen molar-refractivity contribution in [1.82, 2.24) is 0 Å². The molecule has 0 unspecified atom stereocenters. The first-order chi connectivity index (χ1) is 9.22. The molecule has 3 heteroatoms. The Labute approximate surface area is 124 Å². The summed E-state index contributed by atoms with van der Waals surface area (Å²) in [5.74, 6) is 2.34. The summed E-state index contributed by atoms with van der Waals surface area (Å²) >= 11 is 7.68. The lowest BCUT2D eigenvalue weighted by Gasteiger charge is -2.29. The molecule has 1 nitrogen and oxygen atoms in total. The van der Waals surface area contributed by atoms with Crippen LogP contribution in [0.15, 0.2) is 17.0 Å². The monoisotopic (exact) mass is 294 g/mol. The van der Waals surface area contributed by atoms with Crippen molar-refractivity contribution < 1.29 is 4.79 Å². The molecule has 0 heterocycles. The Morgan fingerprint density at radius 1 is 1.26 bits per heavy atom. The number of carbonyl (C=O) groups excluding carboxylic acids is 1. The fraction of sp³-hybridized carbons (Fsp3) is 0.562. The third-order valence-electron chi connectivity index (χ3n) is 4.26. The van der Waals surface area contributed by atoms with Crippen molar-refractivity contribution in [2.75, 3.05) is 5.75 Å². The topological polar surface area (TPSA) is 17.1 Å². The smallest absolute Gasteiger partial charge is 0.252 e. The first-order valence-corrected chi connectivity index (χ1v) is 8.58. The normalized spacial score (nSPS) is 19.3. The van der Waals surface area contributed by atoms with E-state index in [1.165, 1.54) is 48.1 Å². The van der Waals surface area contributed by atoms with Crippen LogP contribution in [-0.4, -0.2) is 11.0 Å². The van der Waals surface area contributed by atoms with E-state index in [1.807, 2.05) is 17.8 Å². The van der Waals surface area contributed by atoms with Gasteiger partial charge in [-0.25, -0.2) is 0 Å². The molecule has 3 rings (SSSR count). The van der Waals surface area contributed by atoms with Crippen molar-refractivity contribution >= 4 is 28.6 Å². The van der Waals surface area contributed by atoms with E-state index in [-0.39, 0.29) is 5.24 Å². The molecule has 0 radical (unpaired) electrons. The summed E-state index contributed by atoms with van der Waals surface area (Å²) in [4.78, 5) is 13.1. The largest absolute Gasteiger partial charge is 0.276 e. The number of rotatable bonds is 5. The molecule has 19 heavy (non-hydrogen) atoms. The van der Waals surface area contributed by atoms with Gasteiger partial charge in [-0.1, -0.05) is 19.4 Å². The van der Waals surface area contributed by atoms with E-state index in [0.29, 0.717) is 11.8 Å². The van der Waals surface area contributed by atoms with Crippen molar-refractivity contribution in [2.45, 2.75) is 55.8 Å². The summed E-state index contributed by atoms with van der Waals surface area (Å²) in [6.07, 6.45) is 6.37. The van der Waals surface area contributed by atoms with E-state index >= 15 is 0 Å². The van der Waals surface area contributed by atoms with E-state index in [9.17, 15) is 4.79 Å². The molecular weight excluding hydrogens is 276 g/mol. The molecule has 0 aliphatic heterocycles. The Kier molecular flexibility index (Phi) is 3.91. The van der Waals surface area contributed by atoms with Gasteiger partial charge in [0.2, 0.25) is 0 Å². The Bertz CT molecular complexity index is 504. The molecule has 1 aromatic rings. The maximum atomic E-state index is 11.7. The third kappa shape index (κ3) is 2.57. The minimum Gasteiger partial charge on any atom is -0.276 e. The highest BCUT2D eigenvalue weighted by Crippen LogP contribution is 2.50. The molecule has 0 aromatic heterocycles. The standard InChI is InChI=1S/C16H19ClOS/c1-2-19-15-12(10-4-3-5-10)8-9-13(16(17)18)14(15)11-6-7-11/h8-11H,2-7H2,1H3. The highest BCUT2D eigenvalue weighted by atomic mass is 35.5. The lowest BCUT2D eigenvalue weighted by molar-refractivity contribution is 0.108. The molecule has 2 fully saturated rings. The summed E-state index contributed by atoms with van der Waals surface area (Å²) in [5.41, 5.74) is 3.49. The molecule has 0 bridgehead atoms. The summed E-state index contributed by atoms with van der Waals surface area (Å²) in [6, 6.07) is 4.12. The lowest BCUT2D eigenvalue weighted by Crippen LogP contribution is -2.12. The van der Waals surface area contributed by atoms with Crippen LogP contribution in [-0.2, 0) is 0 Å². The van der Waals surface area contributed by atoms with Gasteiger partial charge < -0.3 is 0 Å². The minimum absolute atomic E-state index is 0.292. The van der Waals surface area contributed by atoms with Gasteiger partial charge in [0.1, 0.15) is 0 Å². The molecule has 1 aromatic carbocycles. The number of hydrogen-bond donors (Lipinski definition) is 0. The van der Waals surface area contributed by atoms with Gasteiger partial charge in [-0.15, -0.1) is 11.8 Å². The van der Waals surface area contributed by atoms with E-state index in [1.54, 1.807) is 0 Å². The van der Waals surface area contributed by atoms with Crippen LogP contribution >= 0.6 is 23.4 Å². The van der Waals surface area contributed by atoms with E-state index in [0.717, 1.165) is 11.3 Å². The molecule has 0 N–H and O–H groups in total. The molecule has 102 valence electrons. The first kappa shape index (κ1) is 13.5. The lowest BCUT2D eigenvalue weighted by atomic mass is 9.79. The summed E-state index contributed by atoms with van der Waals surface area (Å²) in [5, 5.41) is -0.292. The van der Waals surface area contributed by atoms with Crippen LogP contribution in [0.5, 0.6) is 0 Å². The summed E-state index contributed by atoms with van der Waals surface area (Å²) in [7, 11) is 0. The van der Waals surface area contributed by atoms with E-state index in [2.05, 4.69) is 13.0 Å². The number of halogens is 1. The fourth-order valence-corrected chi connectivity index (χ4v) is 4.20. The quantitative estimate of drug-likeness (QED) is 0.540. The highest BCUT2D eigenvalue weighted by Gasteiger charge is 2.33. The highest BCUT2D eigenvalue weighted by molar-refractivity contribution is 7.99. The van der Waals surface area contributed by atoms with Crippen molar-refractivity contribution in [1.29, 1.82) is 0 Å². The number of carbonyl (C=O) groups is 1. The Hall–Kier alpha value is -0.470. The Balaban J connectivity index is 2.10. The summed E-state index contributed by atoms with van der Waals surface area (Å²) in [6.45, 7) is 2.18. The van der Waals surface area contributed by atoms with Crippen molar-refractivity contribution in [2.24, 2.45) is 0 Å². The van der Waals surface area contributed by atoms with Gasteiger partial charge in [-0.3, -0.25) is 4.79 Å². The van der Waals surface area contributed by atoms with E-state index < -0.39 is 0 Å². The van der Waals surface area contributed by atoms with Crippen molar-refractivity contribution in [3.05, 3.63) is 28.8 Å². The van der Waals surface area contributed by atoms with Crippen LogP contribution in [0.1, 0.15) is 72.3 Å². The van der Waals surface area contributed by atoms with Crippen LogP contribution in [0.25, 0.3) is 0 Å². The predicted octanol–water partition coefficient (Wildman–Crippen LogP) is 5.32. The first-order valence-electron chi connectivity index (χ1n) is 7.21. The third-order valence-corrected chi connectivity index (χ3v) is 5.49. The van der Waals surface area contributed by atoms with Gasteiger partial charge in [0.05, 0.1) is 0 Å². The zero-order chi connectivity index (χ0) is 13.4. The molecule has 2 aliphatic rings. The molecule has 2 saturated carbocycles. The molecule has 0 amide bonds. The van der Waals surface area contributed by atoms with Crippen molar-refractivity contribution in [3.63, 3.8) is 0 Å². The number of hydrogen-bond acceptors (Lipinski definition) is 2.